The molecule has 0 aromatic heterocycles. The van der Waals surface area contributed by atoms with Crippen LogP contribution in [-0.4, -0.2) is 22.5 Å². The number of halogens is 1. The second-order valence-electron chi connectivity index (χ2n) is 1.27. The maximum atomic E-state index is 9.92. The Morgan fingerprint density at radius 3 is 2.56 bits per heavy atom. The summed E-state index contributed by atoms with van der Waals surface area (Å²) in [5.41, 5.74) is 0. The Balaban J connectivity index is 3.68. The van der Waals surface area contributed by atoms with E-state index in [1.807, 2.05) is 0 Å². The molecule has 0 amide bonds. The molecule has 0 aliphatic carbocycles. The number of nitrogens with zero attached hydrogens (tertiary/aromatic N) is 2. The van der Waals surface area contributed by atoms with Crippen LogP contribution in [0.4, 0.5) is 0 Å². The highest BCUT2D eigenvalue weighted by Gasteiger charge is 2.05. The van der Waals surface area contributed by atoms with Crippen LogP contribution in [-0.2, 0) is 0 Å². The normalized spacial score (nSPS) is 8.56. The van der Waals surface area contributed by atoms with E-state index in [9.17, 15) is 10.1 Å². The van der Waals surface area contributed by atoms with Gasteiger partial charge in [0.1, 0.15) is 0 Å². The number of nitro groups is 1. The minimum atomic E-state index is -0.560. The summed E-state index contributed by atoms with van der Waals surface area (Å²) >= 11 is 5.23. The summed E-state index contributed by atoms with van der Waals surface area (Å²) < 4.78 is 0. The second-order valence-corrected chi connectivity index (χ2v) is 1.65. The van der Waals surface area contributed by atoms with Gasteiger partial charge in [-0.1, -0.05) is 6.58 Å². The summed E-state index contributed by atoms with van der Waals surface area (Å²) in [7, 11) is 0. The molecule has 0 rings (SSSR count). The predicted molar refractivity (Wildman–Crippen MR) is 34.6 cm³/mol. The molecule has 0 atom stereocenters. The van der Waals surface area contributed by atoms with Gasteiger partial charge in [0.2, 0.25) is 0 Å². The van der Waals surface area contributed by atoms with Crippen molar-refractivity contribution in [3.63, 3.8) is 0 Å². The molecule has 9 heavy (non-hydrogen) atoms. The fraction of sp³-hybridized carbons (Fsp3) is 0.500. The lowest BCUT2D eigenvalue weighted by Crippen LogP contribution is -2.25. The van der Waals surface area contributed by atoms with E-state index in [0.717, 1.165) is 11.2 Å². The zero-order chi connectivity index (χ0) is 7.28. The number of rotatable bonds is 4. The third kappa shape index (κ3) is 2.92. The zero-order valence-corrected chi connectivity index (χ0v) is 5.54. The minimum absolute atomic E-state index is 0.193. The van der Waals surface area contributed by atoms with Gasteiger partial charge in [0, 0.05) is 5.88 Å². The molecule has 52 valence electrons. The third-order valence-corrected chi connectivity index (χ3v) is 0.903. The highest BCUT2D eigenvalue weighted by atomic mass is 35.5. The van der Waals surface area contributed by atoms with Gasteiger partial charge in [-0.25, -0.2) is 10.1 Å². The van der Waals surface area contributed by atoms with Gasteiger partial charge in [0.15, 0.2) is 5.03 Å². The largest absolute Gasteiger partial charge is 0.234 e. The first-order valence-electron chi connectivity index (χ1n) is 2.32. The smallest absolute Gasteiger partial charge is 0.164 e. The van der Waals surface area contributed by atoms with Crippen LogP contribution in [0, 0.1) is 10.1 Å². The molecule has 0 saturated heterocycles. The highest BCUT2D eigenvalue weighted by molar-refractivity contribution is 6.18. The topological polar surface area (TPSA) is 46.4 Å². The van der Waals surface area contributed by atoms with Gasteiger partial charge < -0.3 is 0 Å². The molecule has 0 spiro atoms. The van der Waals surface area contributed by atoms with Crippen LogP contribution in [0.2, 0.25) is 0 Å². The SMILES string of the molecule is C=CN(CCCl)[N+](=O)[O-]. The van der Waals surface area contributed by atoms with Crippen molar-refractivity contribution in [1.82, 2.24) is 5.01 Å². The van der Waals surface area contributed by atoms with E-state index in [0.29, 0.717) is 0 Å². The first-order valence-corrected chi connectivity index (χ1v) is 2.85. The molecule has 0 bridgehead atoms. The van der Waals surface area contributed by atoms with Gasteiger partial charge >= 0.3 is 0 Å². The van der Waals surface area contributed by atoms with E-state index in [1.165, 1.54) is 0 Å². The van der Waals surface area contributed by atoms with E-state index in [4.69, 9.17) is 11.6 Å². The van der Waals surface area contributed by atoms with Gasteiger partial charge in [-0.15, -0.1) is 16.6 Å². The molecule has 0 heterocycles. The molecule has 0 fully saturated rings. The Morgan fingerprint density at radius 1 is 1.89 bits per heavy atom. The van der Waals surface area contributed by atoms with Gasteiger partial charge in [-0.05, 0) is 0 Å². The monoisotopic (exact) mass is 150 g/mol. The Labute approximate surface area is 57.8 Å². The molecule has 0 radical (unpaired) electrons. The van der Waals surface area contributed by atoms with E-state index < -0.39 is 5.03 Å². The van der Waals surface area contributed by atoms with Crippen LogP contribution in [0.1, 0.15) is 0 Å². The van der Waals surface area contributed by atoms with Gasteiger partial charge in [0.05, 0.1) is 12.7 Å². The van der Waals surface area contributed by atoms with Crippen LogP contribution in [0.5, 0.6) is 0 Å². The summed E-state index contributed by atoms with van der Waals surface area (Å²) in [4.78, 5) is 9.92. The molecule has 0 aliphatic rings. The fourth-order valence-electron chi connectivity index (χ4n) is 0.326. The first-order chi connectivity index (χ1) is 4.22. The standard InChI is InChI=1S/C4H7ClN2O2/c1-2-6(4-3-5)7(8)9/h2H,1,3-4H2. The average Bonchev–Trinajstić information content (AvgIpc) is 1.82. The molecule has 5 heteroatoms. The Hall–Kier alpha value is -0.770. The van der Waals surface area contributed by atoms with E-state index in [1.54, 1.807) is 0 Å². The molecular weight excluding hydrogens is 144 g/mol. The second kappa shape index (κ2) is 4.14. The summed E-state index contributed by atoms with van der Waals surface area (Å²) in [5, 5.41) is 10.2. The van der Waals surface area contributed by atoms with Gasteiger partial charge in [-0.3, -0.25) is 0 Å². The third-order valence-electron chi connectivity index (χ3n) is 0.734. The van der Waals surface area contributed by atoms with Crippen LogP contribution in [0.25, 0.3) is 0 Å². The molecular formula is C4H7ClN2O2. The molecule has 4 nitrogen and oxygen atoms in total. The maximum absolute atomic E-state index is 9.92. The van der Waals surface area contributed by atoms with Crippen molar-refractivity contribution < 1.29 is 5.03 Å². The van der Waals surface area contributed by atoms with Crippen molar-refractivity contribution in [3.8, 4) is 0 Å². The lowest BCUT2D eigenvalue weighted by molar-refractivity contribution is -0.638. The van der Waals surface area contributed by atoms with Crippen molar-refractivity contribution >= 4 is 11.6 Å². The molecule has 0 N–H and O–H groups in total. The molecule has 0 aromatic carbocycles. The molecule has 0 saturated carbocycles. The Kier molecular flexibility index (Phi) is 3.79. The first kappa shape index (κ1) is 8.23. The Bertz CT molecular complexity index is 117. The van der Waals surface area contributed by atoms with Crippen molar-refractivity contribution in [1.29, 1.82) is 0 Å². The number of hydrazine groups is 1. The predicted octanol–water partition coefficient (Wildman–Crippen LogP) is 0.862. The number of hydrogen-bond donors (Lipinski definition) is 0. The summed E-state index contributed by atoms with van der Waals surface area (Å²) in [6.07, 6.45) is 1.13. The van der Waals surface area contributed by atoms with Crippen LogP contribution in [0.15, 0.2) is 12.8 Å². The van der Waals surface area contributed by atoms with Crippen molar-refractivity contribution in [2.75, 3.05) is 12.4 Å². The van der Waals surface area contributed by atoms with Crippen molar-refractivity contribution in [2.45, 2.75) is 0 Å². The molecule has 0 unspecified atom stereocenters. The number of hydrogen-bond acceptors (Lipinski definition) is 2. The lowest BCUT2D eigenvalue weighted by Gasteiger charge is -2.04. The van der Waals surface area contributed by atoms with E-state index in [2.05, 4.69) is 6.58 Å². The van der Waals surface area contributed by atoms with Crippen LogP contribution < -0.4 is 0 Å². The van der Waals surface area contributed by atoms with E-state index >= 15 is 0 Å². The lowest BCUT2D eigenvalue weighted by atomic mass is 10.7. The summed E-state index contributed by atoms with van der Waals surface area (Å²) in [6.45, 7) is 3.42. The van der Waals surface area contributed by atoms with E-state index in [-0.39, 0.29) is 12.4 Å². The minimum Gasteiger partial charge on any atom is -0.234 e. The fourth-order valence-corrected chi connectivity index (χ4v) is 0.499. The summed E-state index contributed by atoms with van der Waals surface area (Å²) in [6, 6.07) is 0. The number of alkyl halides is 1. The zero-order valence-electron chi connectivity index (χ0n) is 4.79. The average molecular weight is 151 g/mol. The highest BCUT2D eigenvalue weighted by Crippen LogP contribution is 1.88. The molecule has 0 aliphatic heterocycles. The quantitative estimate of drug-likeness (QED) is 0.339. The van der Waals surface area contributed by atoms with Gasteiger partial charge in [0.25, 0.3) is 0 Å². The van der Waals surface area contributed by atoms with Gasteiger partial charge in [-0.2, -0.15) is 0 Å². The Morgan fingerprint density at radius 2 is 2.44 bits per heavy atom. The summed E-state index contributed by atoms with van der Waals surface area (Å²) in [5.74, 6) is 0.229. The molecule has 0 aromatic rings. The van der Waals surface area contributed by atoms with Crippen LogP contribution in [0.3, 0.4) is 0 Å². The van der Waals surface area contributed by atoms with Crippen LogP contribution >= 0.6 is 11.6 Å². The van der Waals surface area contributed by atoms with Crippen molar-refractivity contribution in [2.24, 2.45) is 0 Å². The maximum Gasteiger partial charge on any atom is 0.164 e. The van der Waals surface area contributed by atoms with Crippen molar-refractivity contribution in [3.05, 3.63) is 22.9 Å².